The molecule has 0 aliphatic heterocycles. The Kier molecular flexibility index (Phi) is 11.8. The molecule has 0 fully saturated rings. The number of halogens is 1. The summed E-state index contributed by atoms with van der Waals surface area (Å²) in [6, 6.07) is 18.1. The van der Waals surface area contributed by atoms with Crippen molar-refractivity contribution in [3.8, 4) is 0 Å². The average molecular weight is 469 g/mol. The van der Waals surface area contributed by atoms with Crippen molar-refractivity contribution in [3.05, 3.63) is 71.8 Å². The highest BCUT2D eigenvalue weighted by molar-refractivity contribution is 7.78. The largest absolute Gasteiger partial charge is 0.461 e. The lowest BCUT2D eigenvalue weighted by Gasteiger charge is -2.18. The number of amidine groups is 1. The number of Topliss-reactive ketones (excluding diaryl/α,β-unsaturated/α-hetero) is 1. The zero-order chi connectivity index (χ0) is 24.1. The second-order valence-electron chi connectivity index (χ2n) is 7.83. The molecule has 0 aromatic heterocycles. The third-order valence-corrected chi connectivity index (χ3v) is 5.67. The van der Waals surface area contributed by atoms with Crippen molar-refractivity contribution in [2.75, 3.05) is 12.7 Å². The number of nitrogens with zero attached hydrogens (tertiary/aromatic N) is 1. The topological polar surface area (TPSA) is 108 Å². The molecule has 9 heteroatoms. The molecule has 0 heterocycles. The number of carbonyl (C=O) groups is 2. The van der Waals surface area contributed by atoms with Gasteiger partial charge in [0.25, 0.3) is 0 Å². The van der Waals surface area contributed by atoms with Crippen molar-refractivity contribution in [2.45, 2.75) is 38.3 Å². The SMILES string of the molecule is [B]P(F)CC(N)=NCCC[C@@H](N)C(=O)C[C@@H](Cc1ccccc1)C(=O)OCc1ccccc1. The van der Waals surface area contributed by atoms with Gasteiger partial charge in [-0.25, -0.2) is 4.20 Å². The molecule has 2 aromatic carbocycles. The average Bonchev–Trinajstić information content (AvgIpc) is 2.80. The fourth-order valence-electron chi connectivity index (χ4n) is 3.28. The van der Waals surface area contributed by atoms with Crippen LogP contribution < -0.4 is 11.5 Å². The van der Waals surface area contributed by atoms with Gasteiger partial charge in [-0.05, 0) is 30.4 Å². The number of rotatable bonds is 14. The van der Waals surface area contributed by atoms with Gasteiger partial charge in [-0.15, -0.1) is 0 Å². The van der Waals surface area contributed by atoms with Gasteiger partial charge in [0.2, 0.25) is 0 Å². The van der Waals surface area contributed by atoms with E-state index in [1.165, 1.54) is 0 Å². The smallest absolute Gasteiger partial charge is 0.310 e. The highest BCUT2D eigenvalue weighted by Gasteiger charge is 2.26. The fraction of sp³-hybridized carbons (Fsp3) is 0.375. The van der Waals surface area contributed by atoms with E-state index in [1.54, 1.807) is 0 Å². The second kappa shape index (κ2) is 14.6. The maximum atomic E-state index is 12.8. The van der Waals surface area contributed by atoms with Crippen LogP contribution in [0.15, 0.2) is 65.7 Å². The van der Waals surface area contributed by atoms with E-state index in [2.05, 4.69) is 4.99 Å². The highest BCUT2D eigenvalue weighted by Crippen LogP contribution is 2.29. The van der Waals surface area contributed by atoms with Crippen LogP contribution in [0.5, 0.6) is 0 Å². The molecule has 0 aliphatic carbocycles. The van der Waals surface area contributed by atoms with E-state index in [1.807, 2.05) is 60.7 Å². The lowest BCUT2D eigenvalue weighted by atomic mass is 9.91. The number of carbonyl (C=O) groups excluding carboxylic acids is 2. The Morgan fingerprint density at radius 2 is 1.67 bits per heavy atom. The zero-order valence-electron chi connectivity index (χ0n) is 18.6. The standard InChI is InChI=1S/C24H30BFN3O3P/c25-33(26)17-23(28)29-13-7-12-21(27)22(30)15-20(14-18-8-3-1-4-9-18)24(31)32-16-19-10-5-2-6-11-19/h1-6,8-11,20-21H,7,12-17,27H2,(H2,28,29)/t20-,21-,33?/m1/s1. The molecule has 0 spiro atoms. The minimum Gasteiger partial charge on any atom is -0.461 e. The van der Waals surface area contributed by atoms with Crippen molar-refractivity contribution in [3.63, 3.8) is 0 Å². The quantitative estimate of drug-likeness (QED) is 0.110. The van der Waals surface area contributed by atoms with E-state index < -0.39 is 26.0 Å². The number of ketones is 1. The minimum absolute atomic E-state index is 0.00555. The van der Waals surface area contributed by atoms with Crippen molar-refractivity contribution < 1.29 is 18.5 Å². The van der Waals surface area contributed by atoms with Gasteiger partial charge in [0.15, 0.2) is 7.57 Å². The second-order valence-corrected chi connectivity index (χ2v) is 8.95. The number of nitrogens with two attached hydrogens (primary N) is 2. The number of esters is 1. The van der Waals surface area contributed by atoms with Crippen molar-refractivity contribution in [1.82, 2.24) is 0 Å². The summed E-state index contributed by atoms with van der Waals surface area (Å²) in [7, 11) is 2.98. The van der Waals surface area contributed by atoms with E-state index >= 15 is 0 Å². The van der Waals surface area contributed by atoms with Crippen molar-refractivity contribution in [2.24, 2.45) is 22.4 Å². The first kappa shape index (κ1) is 26.7. The van der Waals surface area contributed by atoms with Gasteiger partial charge in [0.1, 0.15) is 12.4 Å². The Bertz CT molecular complexity index is 900. The number of aliphatic imine (C=N–C) groups is 1. The predicted molar refractivity (Wildman–Crippen MR) is 132 cm³/mol. The van der Waals surface area contributed by atoms with Gasteiger partial charge in [0.05, 0.1) is 17.8 Å². The summed E-state index contributed by atoms with van der Waals surface area (Å²) in [5, 5.41) is 0. The Labute approximate surface area is 197 Å². The maximum Gasteiger partial charge on any atom is 0.310 e. The molecular weight excluding hydrogens is 439 g/mol. The van der Waals surface area contributed by atoms with Crippen LogP contribution in [-0.4, -0.2) is 43.9 Å². The van der Waals surface area contributed by atoms with Crippen molar-refractivity contribution in [1.29, 1.82) is 0 Å². The Balaban J connectivity index is 1.92. The van der Waals surface area contributed by atoms with Gasteiger partial charge in [-0.3, -0.25) is 14.6 Å². The Morgan fingerprint density at radius 1 is 1.06 bits per heavy atom. The fourth-order valence-corrected chi connectivity index (χ4v) is 3.69. The third-order valence-electron chi connectivity index (χ3n) is 5.04. The van der Waals surface area contributed by atoms with Crippen LogP contribution in [0.25, 0.3) is 0 Å². The molecule has 4 N–H and O–H groups in total. The number of hydrogen-bond acceptors (Lipinski definition) is 5. The Morgan fingerprint density at radius 3 is 2.27 bits per heavy atom. The van der Waals surface area contributed by atoms with E-state index in [0.717, 1.165) is 11.1 Å². The van der Waals surface area contributed by atoms with E-state index in [4.69, 9.17) is 23.8 Å². The molecule has 2 rings (SSSR count). The van der Waals surface area contributed by atoms with Crippen LogP contribution in [0, 0.1) is 5.92 Å². The predicted octanol–water partition coefficient (Wildman–Crippen LogP) is 3.46. The molecule has 2 radical (unpaired) electrons. The molecule has 33 heavy (non-hydrogen) atoms. The summed E-state index contributed by atoms with van der Waals surface area (Å²) < 4.78 is 18.3. The van der Waals surface area contributed by atoms with Crippen LogP contribution >= 0.6 is 8.11 Å². The summed E-state index contributed by atoms with van der Waals surface area (Å²) >= 11 is 0. The molecule has 2 aromatic rings. The van der Waals surface area contributed by atoms with Gasteiger partial charge in [0, 0.05) is 27.2 Å². The summed E-state index contributed by atoms with van der Waals surface area (Å²) in [6.45, 7) is 0.483. The normalized spacial score (nSPS) is 14.3. The van der Waals surface area contributed by atoms with Gasteiger partial charge in [-0.1, -0.05) is 60.7 Å². The zero-order valence-corrected chi connectivity index (χ0v) is 19.5. The van der Waals surface area contributed by atoms with Crippen LogP contribution in [0.3, 0.4) is 0 Å². The summed E-state index contributed by atoms with van der Waals surface area (Å²) in [5.74, 6) is -1.10. The van der Waals surface area contributed by atoms with Crippen LogP contribution in [0.1, 0.15) is 30.4 Å². The van der Waals surface area contributed by atoms with E-state index in [0.29, 0.717) is 25.8 Å². The first-order chi connectivity index (χ1) is 15.8. The minimum atomic E-state index is -2.12. The van der Waals surface area contributed by atoms with Crippen LogP contribution in [0.4, 0.5) is 4.20 Å². The van der Waals surface area contributed by atoms with E-state index in [9.17, 15) is 13.8 Å². The van der Waals surface area contributed by atoms with Crippen molar-refractivity contribution >= 4 is 33.3 Å². The number of benzene rings is 2. The molecule has 0 saturated heterocycles. The number of ether oxygens (including phenoxy) is 1. The van der Waals surface area contributed by atoms with Gasteiger partial charge < -0.3 is 16.2 Å². The van der Waals surface area contributed by atoms with Gasteiger partial charge in [-0.2, -0.15) is 0 Å². The monoisotopic (exact) mass is 469 g/mol. The molecule has 1 unspecified atom stereocenters. The summed E-state index contributed by atoms with van der Waals surface area (Å²) in [6.07, 6.45) is 1.23. The molecule has 6 nitrogen and oxygen atoms in total. The lowest BCUT2D eigenvalue weighted by Crippen LogP contribution is -2.34. The molecule has 3 atom stereocenters. The first-order valence-electron chi connectivity index (χ1n) is 10.8. The third kappa shape index (κ3) is 10.7. The number of hydrogen-bond donors (Lipinski definition) is 2. The molecular formula is C24H30BFN3O3P. The summed E-state index contributed by atoms with van der Waals surface area (Å²) in [5.41, 5.74) is 13.5. The molecule has 174 valence electrons. The van der Waals surface area contributed by atoms with Gasteiger partial charge >= 0.3 is 5.97 Å². The first-order valence-corrected chi connectivity index (χ1v) is 12.3. The van der Waals surface area contributed by atoms with E-state index in [-0.39, 0.29) is 30.8 Å². The molecule has 0 saturated carbocycles. The molecule has 0 amide bonds. The lowest BCUT2D eigenvalue weighted by molar-refractivity contribution is -0.151. The van der Waals surface area contributed by atoms with Crippen LogP contribution in [-0.2, 0) is 27.4 Å². The summed E-state index contributed by atoms with van der Waals surface area (Å²) in [4.78, 5) is 29.6. The molecule has 0 bridgehead atoms. The molecule has 0 aliphatic rings. The Hall–Kier alpha value is -2.57. The maximum absolute atomic E-state index is 12.8. The van der Waals surface area contributed by atoms with Crippen LogP contribution in [0.2, 0.25) is 0 Å². The highest BCUT2D eigenvalue weighted by atomic mass is 31.2.